The van der Waals surface area contributed by atoms with Gasteiger partial charge in [-0.25, -0.2) is 18.0 Å². The third kappa shape index (κ3) is 6.12. The van der Waals surface area contributed by atoms with E-state index >= 15 is 4.79 Å². The Kier molecular flexibility index (Phi) is 9.79. The molecule has 0 bridgehead atoms. The Bertz CT molecular complexity index is 1970. The number of benzene rings is 3. The highest BCUT2D eigenvalue weighted by Gasteiger charge is 2.64. The number of anilines is 1. The number of nitrogens with one attached hydrogen (secondary N) is 2. The fraction of sp³-hybridized carbons (Fsp3) is 0.353. The van der Waals surface area contributed by atoms with Crippen LogP contribution in [-0.4, -0.2) is 43.9 Å². The van der Waals surface area contributed by atoms with Crippen LogP contribution in [0.4, 0.5) is 5.69 Å². The van der Waals surface area contributed by atoms with Crippen molar-refractivity contribution in [3.8, 4) is 5.75 Å². The fourth-order valence-electron chi connectivity index (χ4n) is 6.98. The number of aryl methyl sites for hydroxylation is 1. The summed E-state index contributed by atoms with van der Waals surface area (Å²) >= 11 is 16.6. The number of fused-ring (bicyclic) bond motifs is 2. The van der Waals surface area contributed by atoms with Crippen LogP contribution in [0.3, 0.4) is 0 Å². The monoisotopic (exact) mass is 777 g/mol. The summed E-state index contributed by atoms with van der Waals surface area (Å²) in [5.74, 6) is -3.22. The van der Waals surface area contributed by atoms with Gasteiger partial charge in [0.15, 0.2) is 5.60 Å². The van der Waals surface area contributed by atoms with Gasteiger partial charge < -0.3 is 10.1 Å². The van der Waals surface area contributed by atoms with Crippen LogP contribution in [0.1, 0.15) is 74.2 Å². The number of piperidine rings is 1. The molecule has 3 aromatic rings. The van der Waals surface area contributed by atoms with Crippen LogP contribution in [0.5, 0.6) is 5.75 Å². The average molecular weight is 780 g/mol. The summed E-state index contributed by atoms with van der Waals surface area (Å²) in [6, 6.07) is 14.0. The molecule has 1 fully saturated rings. The van der Waals surface area contributed by atoms with Gasteiger partial charge >= 0.3 is 0 Å². The molecule has 5 rings (SSSR count). The normalized spacial score (nSPS) is 20.8. The Morgan fingerprint density at radius 1 is 1.04 bits per heavy atom. The van der Waals surface area contributed by atoms with Crippen LogP contribution in [0.25, 0.3) is 0 Å². The van der Waals surface area contributed by atoms with Crippen molar-refractivity contribution in [3.63, 3.8) is 0 Å². The number of imide groups is 1. The molecule has 254 valence electrons. The Labute approximate surface area is 297 Å². The number of nitrogens with zero attached hydrogens (tertiary/aromatic N) is 1. The molecule has 2 aliphatic rings. The second kappa shape index (κ2) is 13.1. The van der Waals surface area contributed by atoms with Crippen LogP contribution in [0, 0.1) is 6.92 Å². The minimum Gasteiger partial charge on any atom is -0.477 e. The van der Waals surface area contributed by atoms with E-state index in [1.807, 2.05) is 11.6 Å². The maximum Gasteiger partial charge on any atom is 0.277 e. The van der Waals surface area contributed by atoms with Crippen molar-refractivity contribution in [2.24, 2.45) is 0 Å². The van der Waals surface area contributed by atoms with Crippen molar-refractivity contribution in [1.82, 2.24) is 10.0 Å². The molecular formula is C34H34BrCl2N3O7S. The third-order valence-corrected chi connectivity index (χ3v) is 10.8. The van der Waals surface area contributed by atoms with E-state index in [1.165, 1.54) is 13.0 Å². The van der Waals surface area contributed by atoms with E-state index in [9.17, 15) is 22.8 Å². The molecule has 1 saturated heterocycles. The molecule has 1 spiro atoms. The van der Waals surface area contributed by atoms with Crippen LogP contribution in [0.2, 0.25) is 10.0 Å². The van der Waals surface area contributed by atoms with Gasteiger partial charge in [-0.3, -0.25) is 19.2 Å². The van der Waals surface area contributed by atoms with E-state index in [2.05, 4.69) is 21.2 Å². The third-order valence-electron chi connectivity index (χ3n) is 9.26. The molecule has 3 atom stereocenters. The van der Waals surface area contributed by atoms with Crippen molar-refractivity contribution < 1.29 is 32.3 Å². The van der Waals surface area contributed by atoms with Crippen molar-refractivity contribution in [1.29, 1.82) is 0 Å². The van der Waals surface area contributed by atoms with Gasteiger partial charge in [-0.2, -0.15) is 0 Å². The number of sulfonamides is 1. The number of carbonyl (C=O) groups excluding carboxylic acids is 4. The first-order valence-corrected chi connectivity index (χ1v) is 18.6. The maximum atomic E-state index is 15.1. The highest BCUT2D eigenvalue weighted by atomic mass is 79.9. The predicted octanol–water partition coefficient (Wildman–Crippen LogP) is 6.25. The van der Waals surface area contributed by atoms with Crippen LogP contribution >= 0.6 is 39.1 Å². The number of hydrogen-bond acceptors (Lipinski definition) is 7. The number of amides is 4. The Hall–Kier alpha value is -3.45. The number of halogens is 3. The Morgan fingerprint density at radius 3 is 2.27 bits per heavy atom. The maximum absolute atomic E-state index is 15.1. The molecule has 0 radical (unpaired) electrons. The molecule has 10 nitrogen and oxygen atoms in total. The van der Waals surface area contributed by atoms with E-state index in [0.717, 1.165) is 16.7 Å². The second-order valence-electron chi connectivity index (χ2n) is 12.1. The van der Waals surface area contributed by atoms with E-state index in [1.54, 1.807) is 62.4 Å². The fourth-order valence-corrected chi connectivity index (χ4v) is 8.21. The molecule has 48 heavy (non-hydrogen) atoms. The Morgan fingerprint density at radius 2 is 1.67 bits per heavy atom. The summed E-state index contributed by atoms with van der Waals surface area (Å²) in [6.45, 7) is 6.51. The van der Waals surface area contributed by atoms with E-state index < -0.39 is 50.7 Å². The molecule has 0 saturated carbocycles. The number of rotatable bonds is 8. The van der Waals surface area contributed by atoms with E-state index in [-0.39, 0.29) is 35.9 Å². The minimum absolute atomic E-state index is 0.0848. The number of carbonyl (C=O) groups is 4. The quantitative estimate of drug-likeness (QED) is 0.276. The average Bonchev–Trinajstić information content (AvgIpc) is 3.25. The van der Waals surface area contributed by atoms with Gasteiger partial charge in [0.25, 0.3) is 5.91 Å². The molecule has 0 unspecified atom stereocenters. The smallest absolute Gasteiger partial charge is 0.277 e. The summed E-state index contributed by atoms with van der Waals surface area (Å²) in [5.41, 5.74) is -0.807. The first kappa shape index (κ1) is 35.8. The second-order valence-corrected chi connectivity index (χ2v) is 15.7. The lowest BCUT2D eigenvalue weighted by molar-refractivity contribution is -0.137. The minimum atomic E-state index is -3.94. The molecule has 0 aliphatic carbocycles. The molecular weight excluding hydrogens is 745 g/mol. The first-order valence-electron chi connectivity index (χ1n) is 15.2. The zero-order chi connectivity index (χ0) is 35.3. The van der Waals surface area contributed by atoms with Crippen molar-refractivity contribution in [2.45, 2.75) is 69.9 Å². The zero-order valence-corrected chi connectivity index (χ0v) is 30.7. The number of ether oxygens (including phenoxy) is 1. The van der Waals surface area contributed by atoms with Gasteiger partial charge in [-0.05, 0) is 78.9 Å². The van der Waals surface area contributed by atoms with Crippen molar-refractivity contribution in [2.75, 3.05) is 11.2 Å². The van der Waals surface area contributed by atoms with E-state index in [4.69, 9.17) is 27.9 Å². The molecule has 2 heterocycles. The summed E-state index contributed by atoms with van der Waals surface area (Å²) < 4.78 is 33.3. The van der Waals surface area contributed by atoms with Gasteiger partial charge in [-0.15, -0.1) is 0 Å². The summed E-state index contributed by atoms with van der Waals surface area (Å²) in [5, 5.41) is 3.70. The largest absolute Gasteiger partial charge is 0.477 e. The van der Waals surface area contributed by atoms with E-state index in [0.29, 0.717) is 31.9 Å². The molecule has 3 aromatic carbocycles. The van der Waals surface area contributed by atoms with Crippen LogP contribution in [0.15, 0.2) is 59.1 Å². The molecule has 4 amide bonds. The molecule has 2 aliphatic heterocycles. The summed E-state index contributed by atoms with van der Waals surface area (Å²) in [6.07, 6.45) is 0.822. The highest BCUT2D eigenvalue weighted by molar-refractivity contribution is 9.10. The Balaban J connectivity index is 1.84. The predicted molar refractivity (Wildman–Crippen MR) is 187 cm³/mol. The molecule has 2 N–H and O–H groups in total. The standard InChI is InChI=1S/C34H34BrCl2N3O7S/c1-6-33(7-2,31(43)39-48(5,45)46)47-28-13-11-22(37)16-24(28)26-17-29(42)38-30(23-15-21(36)10-8-18(23)3)34(26)25-12-9-20(35)14-27(25)40(19(4)41)32(34)44/h8-16,26,30H,6-7,17H2,1-5H3,(H,38,42)(H,39,43)/t26-,30+,34-/m1/s1. The van der Waals surface area contributed by atoms with Gasteiger partial charge in [0.05, 0.1) is 18.0 Å². The summed E-state index contributed by atoms with van der Waals surface area (Å²) in [7, 11) is -3.94. The molecule has 0 aromatic heterocycles. The zero-order valence-electron chi connectivity index (χ0n) is 26.8. The topological polar surface area (TPSA) is 139 Å². The van der Waals surface area contributed by atoms with Crippen LogP contribution in [-0.2, 0) is 34.6 Å². The van der Waals surface area contributed by atoms with Gasteiger partial charge in [0.1, 0.15) is 11.2 Å². The van der Waals surface area contributed by atoms with Gasteiger partial charge in [-0.1, -0.05) is 65.1 Å². The van der Waals surface area contributed by atoms with Gasteiger partial charge in [0, 0.05) is 39.3 Å². The SMILES string of the molecule is CCC(CC)(Oc1ccc(Cl)cc1[C@H]1CC(=O)N[C@@H](c2cc(Cl)ccc2C)[C@]12C(=O)N(C(C)=O)c1cc(Br)ccc12)C(=O)NS(C)(=O)=O. The summed E-state index contributed by atoms with van der Waals surface area (Å²) in [4.78, 5) is 56.7. The lowest BCUT2D eigenvalue weighted by Gasteiger charge is -2.47. The highest BCUT2D eigenvalue weighted by Crippen LogP contribution is 2.61. The van der Waals surface area contributed by atoms with Gasteiger partial charge in [0.2, 0.25) is 27.7 Å². The lowest BCUT2D eigenvalue weighted by atomic mass is 9.58. The van der Waals surface area contributed by atoms with Crippen molar-refractivity contribution in [3.05, 3.63) is 91.4 Å². The van der Waals surface area contributed by atoms with Crippen molar-refractivity contribution >= 4 is 78.5 Å². The molecule has 14 heteroatoms. The number of hydrogen-bond donors (Lipinski definition) is 2. The lowest BCUT2D eigenvalue weighted by Crippen LogP contribution is -2.59. The first-order chi connectivity index (χ1) is 22.5. The van der Waals surface area contributed by atoms with Crippen LogP contribution < -0.4 is 19.7 Å².